The number of carbonyl (C=O) groups excluding carboxylic acids is 1. The van der Waals surface area contributed by atoms with Gasteiger partial charge in [-0.05, 0) is 33.0 Å². The number of aliphatic hydroxyl groups is 1. The number of halogens is 1. The van der Waals surface area contributed by atoms with Crippen LogP contribution in [0.25, 0.3) is 5.65 Å². The summed E-state index contributed by atoms with van der Waals surface area (Å²) in [4.78, 5) is 25.5. The summed E-state index contributed by atoms with van der Waals surface area (Å²) in [7, 11) is 3.91. The molecule has 10 nitrogen and oxygen atoms in total. The summed E-state index contributed by atoms with van der Waals surface area (Å²) >= 11 is 5.95. The van der Waals surface area contributed by atoms with E-state index in [9.17, 15) is 9.90 Å². The molecule has 4 rings (SSSR count). The molecule has 0 unspecified atom stereocenters. The second-order valence-electron chi connectivity index (χ2n) is 8.10. The molecule has 0 aliphatic carbocycles. The normalized spacial score (nSPS) is 16.1. The number of amides is 1. The number of nitrogens with one attached hydrogen (secondary N) is 1. The zero-order chi connectivity index (χ0) is 22.2. The Morgan fingerprint density at radius 3 is 2.81 bits per heavy atom. The third kappa shape index (κ3) is 4.41. The molecule has 11 heteroatoms. The van der Waals surface area contributed by atoms with Crippen molar-refractivity contribution in [1.82, 2.24) is 24.5 Å². The Morgan fingerprint density at radius 1 is 1.35 bits per heavy atom. The molecular formula is C20H25ClN8O2. The van der Waals surface area contributed by atoms with E-state index in [2.05, 4.69) is 25.3 Å². The fraction of sp³-hybridized carbons (Fsp3) is 0.400. The van der Waals surface area contributed by atoms with Crippen LogP contribution in [0.2, 0.25) is 5.02 Å². The lowest BCUT2D eigenvalue weighted by molar-refractivity contribution is -0.00537. The number of piperidine rings is 1. The summed E-state index contributed by atoms with van der Waals surface area (Å²) in [6.07, 6.45) is 7.51. The van der Waals surface area contributed by atoms with Crippen molar-refractivity contribution in [2.45, 2.75) is 18.4 Å². The number of fused-ring (bicyclic) bond motifs is 1. The molecule has 3 aromatic rings. The summed E-state index contributed by atoms with van der Waals surface area (Å²) in [6, 6.07) is 1.85. The number of anilines is 3. The van der Waals surface area contributed by atoms with Crippen LogP contribution in [0.4, 0.5) is 17.2 Å². The summed E-state index contributed by atoms with van der Waals surface area (Å²) in [5, 5.41) is 18.2. The fourth-order valence-corrected chi connectivity index (χ4v) is 4.14. The number of pyridine rings is 1. The number of nitrogens with two attached hydrogens (primary N) is 1. The van der Waals surface area contributed by atoms with E-state index < -0.39 is 11.5 Å². The van der Waals surface area contributed by atoms with Gasteiger partial charge in [0.05, 0.1) is 34.4 Å². The molecule has 1 amide bonds. The van der Waals surface area contributed by atoms with Crippen LogP contribution in [0.5, 0.6) is 0 Å². The zero-order valence-electron chi connectivity index (χ0n) is 17.4. The zero-order valence-corrected chi connectivity index (χ0v) is 18.2. The minimum Gasteiger partial charge on any atom is -0.388 e. The van der Waals surface area contributed by atoms with Gasteiger partial charge in [-0.15, -0.1) is 5.10 Å². The smallest absolute Gasteiger partial charge is 0.263 e. The van der Waals surface area contributed by atoms with Crippen LogP contribution in [0.15, 0.2) is 30.9 Å². The highest BCUT2D eigenvalue weighted by Crippen LogP contribution is 2.32. The van der Waals surface area contributed by atoms with Gasteiger partial charge in [0.15, 0.2) is 11.5 Å². The van der Waals surface area contributed by atoms with E-state index in [1.54, 1.807) is 12.4 Å². The number of aromatic nitrogens is 4. The van der Waals surface area contributed by atoms with E-state index in [0.717, 1.165) is 5.69 Å². The topological polar surface area (TPSA) is 125 Å². The van der Waals surface area contributed by atoms with E-state index in [1.807, 2.05) is 25.1 Å². The van der Waals surface area contributed by atoms with Crippen LogP contribution in [0.1, 0.15) is 23.2 Å². The quantitative estimate of drug-likeness (QED) is 0.540. The van der Waals surface area contributed by atoms with Crippen LogP contribution in [0.3, 0.4) is 0 Å². The van der Waals surface area contributed by atoms with E-state index in [1.165, 1.54) is 16.9 Å². The maximum Gasteiger partial charge on any atom is 0.263 e. The third-order valence-corrected chi connectivity index (χ3v) is 5.58. The first-order valence-electron chi connectivity index (χ1n) is 9.92. The summed E-state index contributed by atoms with van der Waals surface area (Å²) in [5.41, 5.74) is 7.14. The van der Waals surface area contributed by atoms with Gasteiger partial charge in [-0.25, -0.2) is 9.50 Å². The second-order valence-corrected chi connectivity index (χ2v) is 8.53. The van der Waals surface area contributed by atoms with Gasteiger partial charge in [-0.2, -0.15) is 0 Å². The van der Waals surface area contributed by atoms with Crippen LogP contribution in [-0.2, 0) is 0 Å². The lowest BCUT2D eigenvalue weighted by Crippen LogP contribution is -2.49. The molecular weight excluding hydrogens is 420 g/mol. The minimum absolute atomic E-state index is 0.0597. The molecule has 1 fully saturated rings. The van der Waals surface area contributed by atoms with Crippen molar-refractivity contribution in [1.29, 1.82) is 0 Å². The van der Waals surface area contributed by atoms with E-state index in [-0.39, 0.29) is 11.4 Å². The predicted octanol–water partition coefficient (Wildman–Crippen LogP) is 1.51. The van der Waals surface area contributed by atoms with Gasteiger partial charge < -0.3 is 26.0 Å². The number of hydrogen-bond acceptors (Lipinski definition) is 8. The summed E-state index contributed by atoms with van der Waals surface area (Å²) in [5.74, 6) is -0.373. The van der Waals surface area contributed by atoms with Crippen molar-refractivity contribution >= 4 is 40.3 Å². The first-order chi connectivity index (χ1) is 14.8. The maximum atomic E-state index is 13.0. The highest BCUT2D eigenvalue weighted by Gasteiger charge is 2.33. The standard InChI is InChI=1S/C20H25ClN8O2/c1-27(2)12-20(31)4-7-28(8-5-20)15-3-6-23-10-14(15)25-19(30)16-17(22)26-29-11-13(21)9-24-18(16)29/h3,6,9-11,31H,4-5,7-8,12H2,1-2H3,(H2,22,26)(H,25,30). The van der Waals surface area contributed by atoms with Gasteiger partial charge in [0.1, 0.15) is 5.56 Å². The molecule has 164 valence electrons. The molecule has 1 aliphatic heterocycles. The average Bonchev–Trinajstić information content (AvgIpc) is 3.03. The molecule has 4 N–H and O–H groups in total. The Kier molecular flexibility index (Phi) is 5.69. The fourth-order valence-electron chi connectivity index (χ4n) is 4.00. The van der Waals surface area contributed by atoms with E-state index >= 15 is 0 Å². The van der Waals surface area contributed by atoms with Crippen molar-refractivity contribution in [3.05, 3.63) is 41.4 Å². The highest BCUT2D eigenvalue weighted by atomic mass is 35.5. The molecule has 31 heavy (non-hydrogen) atoms. The Hall–Kier alpha value is -2.95. The van der Waals surface area contributed by atoms with Crippen molar-refractivity contribution in [3.63, 3.8) is 0 Å². The van der Waals surface area contributed by atoms with Crippen molar-refractivity contribution < 1.29 is 9.90 Å². The number of likely N-dealkylation sites (N-methyl/N-ethyl adjacent to an activating group) is 1. The molecule has 0 aromatic carbocycles. The van der Waals surface area contributed by atoms with Crippen molar-refractivity contribution in [2.75, 3.05) is 49.7 Å². The Balaban J connectivity index is 1.55. The predicted molar refractivity (Wildman–Crippen MR) is 120 cm³/mol. The van der Waals surface area contributed by atoms with E-state index in [4.69, 9.17) is 17.3 Å². The number of rotatable bonds is 5. The first-order valence-corrected chi connectivity index (χ1v) is 10.3. The van der Waals surface area contributed by atoms with Gasteiger partial charge in [-0.3, -0.25) is 9.78 Å². The van der Waals surface area contributed by atoms with Gasteiger partial charge in [-0.1, -0.05) is 11.6 Å². The van der Waals surface area contributed by atoms with Gasteiger partial charge in [0, 0.05) is 32.0 Å². The van der Waals surface area contributed by atoms with Crippen molar-refractivity contribution in [2.24, 2.45) is 0 Å². The van der Waals surface area contributed by atoms with E-state index in [0.29, 0.717) is 48.8 Å². The number of nitrogen functional groups attached to an aromatic ring is 1. The maximum absolute atomic E-state index is 13.0. The van der Waals surface area contributed by atoms with Gasteiger partial charge >= 0.3 is 0 Å². The lowest BCUT2D eigenvalue weighted by atomic mass is 9.90. The Morgan fingerprint density at radius 2 is 2.10 bits per heavy atom. The molecule has 0 spiro atoms. The second kappa shape index (κ2) is 8.29. The molecule has 4 heterocycles. The van der Waals surface area contributed by atoms with Crippen LogP contribution < -0.4 is 16.0 Å². The molecule has 3 aromatic heterocycles. The number of nitrogens with zero attached hydrogens (tertiary/aromatic N) is 6. The largest absolute Gasteiger partial charge is 0.388 e. The summed E-state index contributed by atoms with van der Waals surface area (Å²) in [6.45, 7) is 1.94. The van der Waals surface area contributed by atoms with Crippen LogP contribution >= 0.6 is 11.6 Å². The number of carbonyl (C=O) groups is 1. The van der Waals surface area contributed by atoms with Crippen LogP contribution in [0, 0.1) is 0 Å². The molecule has 0 bridgehead atoms. The SMILES string of the molecule is CN(C)CC1(O)CCN(c2ccncc2NC(=O)c2c(N)nn3cc(Cl)cnc23)CC1. The van der Waals surface area contributed by atoms with Gasteiger partial charge in [0.2, 0.25) is 0 Å². The molecule has 0 atom stereocenters. The van der Waals surface area contributed by atoms with Gasteiger partial charge in [0.25, 0.3) is 5.91 Å². The molecule has 1 aliphatic rings. The monoisotopic (exact) mass is 444 g/mol. The average molecular weight is 445 g/mol. The Labute approximate surface area is 184 Å². The molecule has 0 radical (unpaired) electrons. The number of hydrogen-bond donors (Lipinski definition) is 3. The van der Waals surface area contributed by atoms with Crippen LogP contribution in [-0.4, -0.2) is 74.8 Å². The first kappa shape index (κ1) is 21.3. The lowest BCUT2D eigenvalue weighted by Gasteiger charge is -2.41. The molecule has 0 saturated carbocycles. The summed E-state index contributed by atoms with van der Waals surface area (Å²) < 4.78 is 1.38. The Bertz CT molecular complexity index is 1110. The third-order valence-electron chi connectivity index (χ3n) is 5.39. The van der Waals surface area contributed by atoms with Crippen molar-refractivity contribution in [3.8, 4) is 0 Å². The minimum atomic E-state index is -0.713. The highest BCUT2D eigenvalue weighted by molar-refractivity contribution is 6.30. The molecule has 1 saturated heterocycles.